The van der Waals surface area contributed by atoms with Crippen LogP contribution in [-0.2, 0) is 13.6 Å². The highest BCUT2D eigenvalue weighted by Gasteiger charge is 2.27. The third-order valence-electron chi connectivity index (χ3n) is 5.31. The summed E-state index contributed by atoms with van der Waals surface area (Å²) in [5, 5.41) is 11.2. The average Bonchev–Trinajstić information content (AvgIpc) is 3.40. The highest BCUT2D eigenvalue weighted by atomic mass is 16.5. The standard InChI is InChI=1S/C22H23N7O2/c1-23-12-16-10-21(25-13-24-16)31-17-5-6-18-15(9-17)7-8-29(18)22(30)26-20-11-19(14-3-4-14)28(2)27-20/h5-11,13-14,23H,3-4,12H2,1-2H3,(H,26,27,30). The van der Waals surface area contributed by atoms with Gasteiger partial charge in [-0.2, -0.15) is 5.10 Å². The minimum absolute atomic E-state index is 0.253. The summed E-state index contributed by atoms with van der Waals surface area (Å²) in [5.74, 6) is 2.24. The van der Waals surface area contributed by atoms with Crippen LogP contribution >= 0.6 is 0 Å². The number of amides is 1. The van der Waals surface area contributed by atoms with Gasteiger partial charge in [0.15, 0.2) is 5.82 Å². The van der Waals surface area contributed by atoms with Gasteiger partial charge in [0.2, 0.25) is 5.88 Å². The molecule has 158 valence electrons. The Morgan fingerprint density at radius 2 is 2.06 bits per heavy atom. The zero-order chi connectivity index (χ0) is 21.4. The van der Waals surface area contributed by atoms with Gasteiger partial charge in [0.05, 0.1) is 11.2 Å². The van der Waals surface area contributed by atoms with Gasteiger partial charge in [-0.1, -0.05) is 0 Å². The lowest BCUT2D eigenvalue weighted by atomic mass is 10.2. The molecule has 0 spiro atoms. The second-order valence-electron chi connectivity index (χ2n) is 7.67. The topological polar surface area (TPSA) is 98.9 Å². The molecule has 3 aromatic heterocycles. The second-order valence-corrected chi connectivity index (χ2v) is 7.67. The summed E-state index contributed by atoms with van der Waals surface area (Å²) in [4.78, 5) is 21.2. The molecule has 1 saturated carbocycles. The zero-order valence-corrected chi connectivity index (χ0v) is 17.4. The number of hydrogen-bond acceptors (Lipinski definition) is 6. The van der Waals surface area contributed by atoms with Crippen LogP contribution in [0.3, 0.4) is 0 Å². The molecule has 0 radical (unpaired) electrons. The first kappa shape index (κ1) is 19.3. The number of aryl methyl sites for hydroxylation is 1. The number of nitrogens with one attached hydrogen (secondary N) is 2. The van der Waals surface area contributed by atoms with E-state index in [9.17, 15) is 4.79 Å². The molecule has 1 amide bonds. The van der Waals surface area contributed by atoms with Crippen molar-refractivity contribution in [2.75, 3.05) is 12.4 Å². The number of fused-ring (bicyclic) bond motifs is 1. The Balaban J connectivity index is 1.33. The molecule has 0 saturated heterocycles. The van der Waals surface area contributed by atoms with Gasteiger partial charge in [0, 0.05) is 48.9 Å². The normalized spacial score (nSPS) is 13.5. The van der Waals surface area contributed by atoms with Crippen LogP contribution in [0.25, 0.3) is 10.9 Å². The fraction of sp³-hybridized carbons (Fsp3) is 0.273. The van der Waals surface area contributed by atoms with Crippen LogP contribution in [0, 0.1) is 0 Å². The number of anilines is 1. The van der Waals surface area contributed by atoms with Gasteiger partial charge in [0.1, 0.15) is 12.1 Å². The monoisotopic (exact) mass is 417 g/mol. The molecule has 2 N–H and O–H groups in total. The highest BCUT2D eigenvalue weighted by molar-refractivity contribution is 5.98. The zero-order valence-electron chi connectivity index (χ0n) is 17.4. The van der Waals surface area contributed by atoms with Crippen LogP contribution in [0.5, 0.6) is 11.6 Å². The molecule has 1 aromatic carbocycles. The molecule has 9 heteroatoms. The Kier molecular flexibility index (Phi) is 4.87. The van der Waals surface area contributed by atoms with Crippen molar-refractivity contribution in [3.8, 4) is 11.6 Å². The molecular formula is C22H23N7O2. The summed E-state index contributed by atoms with van der Waals surface area (Å²) in [6.45, 7) is 0.633. The largest absolute Gasteiger partial charge is 0.439 e. The predicted molar refractivity (Wildman–Crippen MR) is 116 cm³/mol. The van der Waals surface area contributed by atoms with Crippen LogP contribution in [0.15, 0.2) is 48.9 Å². The highest BCUT2D eigenvalue weighted by Crippen LogP contribution is 2.40. The van der Waals surface area contributed by atoms with Crippen molar-refractivity contribution < 1.29 is 9.53 Å². The van der Waals surface area contributed by atoms with Crippen molar-refractivity contribution in [2.24, 2.45) is 7.05 Å². The van der Waals surface area contributed by atoms with E-state index in [4.69, 9.17) is 4.74 Å². The summed E-state index contributed by atoms with van der Waals surface area (Å²) in [5.41, 5.74) is 2.79. The van der Waals surface area contributed by atoms with Crippen molar-refractivity contribution in [1.82, 2.24) is 29.6 Å². The average molecular weight is 417 g/mol. The Hall–Kier alpha value is -3.72. The van der Waals surface area contributed by atoms with E-state index in [0.717, 1.165) is 22.3 Å². The first-order chi connectivity index (χ1) is 15.1. The number of benzene rings is 1. The van der Waals surface area contributed by atoms with Crippen LogP contribution in [0.2, 0.25) is 0 Å². The van der Waals surface area contributed by atoms with E-state index in [1.165, 1.54) is 19.2 Å². The van der Waals surface area contributed by atoms with Crippen molar-refractivity contribution >= 4 is 22.8 Å². The lowest BCUT2D eigenvalue weighted by molar-refractivity contribution is 0.254. The van der Waals surface area contributed by atoms with Crippen LogP contribution in [0.1, 0.15) is 30.1 Å². The second kappa shape index (κ2) is 7.84. The SMILES string of the molecule is CNCc1cc(Oc2ccc3c(ccn3C(=O)Nc3cc(C4CC4)n(C)n3)c2)ncn1. The van der Waals surface area contributed by atoms with Crippen molar-refractivity contribution in [3.63, 3.8) is 0 Å². The predicted octanol–water partition coefficient (Wildman–Crippen LogP) is 3.63. The van der Waals surface area contributed by atoms with Gasteiger partial charge in [-0.25, -0.2) is 14.8 Å². The van der Waals surface area contributed by atoms with Crippen molar-refractivity contribution in [3.05, 3.63) is 60.3 Å². The Bertz CT molecular complexity index is 1260. The quantitative estimate of drug-likeness (QED) is 0.497. The molecule has 4 aromatic rings. The number of nitrogens with zero attached hydrogens (tertiary/aromatic N) is 5. The third-order valence-corrected chi connectivity index (χ3v) is 5.31. The number of carbonyl (C=O) groups excluding carboxylic acids is 1. The third kappa shape index (κ3) is 3.99. The number of carbonyl (C=O) groups is 1. The first-order valence-electron chi connectivity index (χ1n) is 10.2. The smallest absolute Gasteiger partial charge is 0.331 e. The van der Waals surface area contributed by atoms with E-state index in [1.54, 1.807) is 16.8 Å². The number of hydrogen-bond donors (Lipinski definition) is 2. The molecular weight excluding hydrogens is 394 g/mol. The fourth-order valence-electron chi connectivity index (χ4n) is 3.67. The molecule has 9 nitrogen and oxygen atoms in total. The molecule has 3 heterocycles. The van der Waals surface area contributed by atoms with E-state index >= 15 is 0 Å². The minimum atomic E-state index is -0.253. The molecule has 1 aliphatic rings. The van der Waals surface area contributed by atoms with E-state index in [0.29, 0.717) is 29.9 Å². The van der Waals surface area contributed by atoms with Crippen LogP contribution in [-0.4, -0.2) is 37.4 Å². The number of rotatable bonds is 6. The number of aromatic nitrogens is 5. The number of ether oxygens (including phenoxy) is 1. The van der Waals surface area contributed by atoms with E-state index in [1.807, 2.05) is 49.1 Å². The molecule has 31 heavy (non-hydrogen) atoms. The van der Waals surface area contributed by atoms with E-state index < -0.39 is 0 Å². The van der Waals surface area contributed by atoms with Crippen LogP contribution < -0.4 is 15.4 Å². The van der Waals surface area contributed by atoms with Gasteiger partial charge in [-0.3, -0.25) is 14.6 Å². The van der Waals surface area contributed by atoms with Gasteiger partial charge in [-0.05, 0) is 44.2 Å². The van der Waals surface area contributed by atoms with Crippen LogP contribution in [0.4, 0.5) is 10.6 Å². The van der Waals surface area contributed by atoms with Gasteiger partial charge in [-0.15, -0.1) is 0 Å². The van der Waals surface area contributed by atoms with Gasteiger partial charge < -0.3 is 10.1 Å². The molecule has 1 aliphatic carbocycles. The molecule has 0 unspecified atom stereocenters. The van der Waals surface area contributed by atoms with Crippen molar-refractivity contribution in [1.29, 1.82) is 0 Å². The molecule has 1 fully saturated rings. The minimum Gasteiger partial charge on any atom is -0.439 e. The summed E-state index contributed by atoms with van der Waals surface area (Å²) < 4.78 is 9.30. The van der Waals surface area contributed by atoms with E-state index in [2.05, 4.69) is 25.7 Å². The Morgan fingerprint density at radius 1 is 1.19 bits per heavy atom. The first-order valence-corrected chi connectivity index (χ1v) is 10.2. The Labute approximate surface area is 179 Å². The van der Waals surface area contributed by atoms with E-state index in [-0.39, 0.29) is 6.03 Å². The van der Waals surface area contributed by atoms with Gasteiger partial charge in [0.25, 0.3) is 0 Å². The summed E-state index contributed by atoms with van der Waals surface area (Å²) in [6, 6.07) is 10.9. The summed E-state index contributed by atoms with van der Waals surface area (Å²) in [7, 11) is 3.77. The molecule has 0 atom stereocenters. The molecule has 0 aliphatic heterocycles. The van der Waals surface area contributed by atoms with Gasteiger partial charge >= 0.3 is 6.03 Å². The lowest BCUT2D eigenvalue weighted by Gasteiger charge is -2.08. The lowest BCUT2D eigenvalue weighted by Crippen LogP contribution is -2.18. The Morgan fingerprint density at radius 3 is 2.87 bits per heavy atom. The maximum Gasteiger partial charge on any atom is 0.331 e. The summed E-state index contributed by atoms with van der Waals surface area (Å²) in [6.07, 6.45) is 5.59. The molecule has 0 bridgehead atoms. The maximum absolute atomic E-state index is 12.8. The fourth-order valence-corrected chi connectivity index (χ4v) is 3.67. The maximum atomic E-state index is 12.8. The summed E-state index contributed by atoms with van der Waals surface area (Å²) >= 11 is 0. The van der Waals surface area contributed by atoms with Crippen molar-refractivity contribution in [2.45, 2.75) is 25.3 Å². The molecule has 5 rings (SSSR count).